The quantitative estimate of drug-likeness (QED) is 0.171. The summed E-state index contributed by atoms with van der Waals surface area (Å²) in [5, 5.41) is 16.5. The number of benzene rings is 3. The fourth-order valence-electron chi connectivity index (χ4n) is 5.29. The van der Waals surface area contributed by atoms with Crippen LogP contribution in [0.25, 0.3) is 27.5 Å². The van der Waals surface area contributed by atoms with Gasteiger partial charge in [0.25, 0.3) is 5.56 Å². The number of para-hydroxylation sites is 1. The average molecular weight is 572 g/mol. The van der Waals surface area contributed by atoms with Crippen LogP contribution in [0.2, 0.25) is 0 Å². The van der Waals surface area contributed by atoms with Crippen molar-refractivity contribution in [2.75, 3.05) is 16.4 Å². The molecule has 214 valence electrons. The van der Waals surface area contributed by atoms with E-state index in [1.165, 1.54) is 13.3 Å². The maximum absolute atomic E-state index is 13.9. The Morgan fingerprint density at radius 2 is 1.81 bits per heavy atom. The van der Waals surface area contributed by atoms with Gasteiger partial charge in [0.05, 0.1) is 39.9 Å². The lowest BCUT2D eigenvalue weighted by atomic mass is 10.0. The average Bonchev–Trinajstić information content (AvgIpc) is 3.37. The van der Waals surface area contributed by atoms with Gasteiger partial charge in [0.1, 0.15) is 18.0 Å². The van der Waals surface area contributed by atoms with Crippen LogP contribution in [0.1, 0.15) is 34.9 Å². The summed E-state index contributed by atoms with van der Waals surface area (Å²) in [6, 6.07) is 20.8. The van der Waals surface area contributed by atoms with Crippen molar-refractivity contribution in [2.45, 2.75) is 27.3 Å². The topological polar surface area (TPSA) is 167 Å². The van der Waals surface area contributed by atoms with Gasteiger partial charge in [-0.05, 0) is 54.6 Å². The summed E-state index contributed by atoms with van der Waals surface area (Å²) in [6.07, 6.45) is 1.34. The van der Waals surface area contributed by atoms with E-state index in [2.05, 4.69) is 30.6 Å². The van der Waals surface area contributed by atoms with Crippen molar-refractivity contribution in [1.29, 1.82) is 5.41 Å². The molecule has 0 saturated heterocycles. The number of anilines is 3. The van der Waals surface area contributed by atoms with Gasteiger partial charge in [0.15, 0.2) is 0 Å². The molecule has 0 aliphatic heterocycles. The number of aromatic amines is 1. The van der Waals surface area contributed by atoms with Crippen LogP contribution in [-0.4, -0.2) is 36.1 Å². The number of H-pyrrole nitrogens is 1. The molecule has 0 atom stereocenters. The summed E-state index contributed by atoms with van der Waals surface area (Å²) in [7, 11) is 0. The zero-order valence-electron chi connectivity index (χ0n) is 23.8. The monoisotopic (exact) mass is 571 g/mol. The first-order chi connectivity index (χ1) is 20.7. The molecule has 0 saturated carbocycles. The number of imidazole rings is 1. The summed E-state index contributed by atoms with van der Waals surface area (Å²) in [5.74, 6) is 0.568. The van der Waals surface area contributed by atoms with Crippen LogP contribution >= 0.6 is 0 Å². The number of aryl methyl sites for hydroxylation is 2. The van der Waals surface area contributed by atoms with E-state index in [0.717, 1.165) is 27.9 Å². The molecule has 6 N–H and O–H groups in total. The molecular formula is C32H29N9O2. The first-order valence-electron chi connectivity index (χ1n) is 13.6. The number of hydrogen-bond acceptors (Lipinski definition) is 8. The first kappa shape index (κ1) is 27.3. The van der Waals surface area contributed by atoms with E-state index in [1.807, 2.05) is 62.4 Å². The number of hydrogen-bond donors (Lipinski definition) is 5. The minimum atomic E-state index is -0.244. The number of amides is 1. The van der Waals surface area contributed by atoms with Crippen LogP contribution in [0, 0.1) is 19.3 Å². The van der Waals surface area contributed by atoms with Gasteiger partial charge in [0.2, 0.25) is 11.9 Å². The molecule has 0 aliphatic rings. The van der Waals surface area contributed by atoms with Crippen LogP contribution in [0.5, 0.6) is 0 Å². The largest absolute Gasteiger partial charge is 0.383 e. The van der Waals surface area contributed by atoms with Gasteiger partial charge in [-0.1, -0.05) is 42.5 Å². The number of aromatic nitrogens is 5. The van der Waals surface area contributed by atoms with E-state index in [-0.39, 0.29) is 29.5 Å². The van der Waals surface area contributed by atoms with Gasteiger partial charge in [-0.25, -0.2) is 15.0 Å². The Kier molecular flexibility index (Phi) is 6.90. The highest BCUT2D eigenvalue weighted by Gasteiger charge is 2.19. The van der Waals surface area contributed by atoms with E-state index in [9.17, 15) is 9.59 Å². The highest BCUT2D eigenvalue weighted by atomic mass is 16.1. The molecule has 0 unspecified atom stereocenters. The lowest BCUT2D eigenvalue weighted by Crippen LogP contribution is -2.25. The molecule has 1 amide bonds. The van der Waals surface area contributed by atoms with Crippen LogP contribution in [0.4, 0.5) is 17.6 Å². The van der Waals surface area contributed by atoms with Gasteiger partial charge in [-0.15, -0.1) is 0 Å². The Morgan fingerprint density at radius 1 is 1.02 bits per heavy atom. The Balaban J connectivity index is 1.40. The number of nitrogens with one attached hydrogen (secondary N) is 4. The molecule has 3 aromatic heterocycles. The second kappa shape index (κ2) is 10.9. The Hall–Kier alpha value is -5.84. The van der Waals surface area contributed by atoms with E-state index in [1.54, 1.807) is 22.8 Å². The third kappa shape index (κ3) is 5.08. The fourth-order valence-corrected chi connectivity index (χ4v) is 5.29. The summed E-state index contributed by atoms with van der Waals surface area (Å²) < 4.78 is 1.73. The lowest BCUT2D eigenvalue weighted by Gasteiger charge is -2.19. The van der Waals surface area contributed by atoms with Crippen molar-refractivity contribution in [1.82, 2.24) is 24.5 Å². The summed E-state index contributed by atoms with van der Waals surface area (Å²) in [6.45, 7) is 5.54. The highest BCUT2D eigenvalue weighted by Crippen LogP contribution is 2.26. The molecule has 0 spiro atoms. The minimum absolute atomic E-state index is 0.101. The van der Waals surface area contributed by atoms with Crippen molar-refractivity contribution in [3.05, 3.63) is 111 Å². The Bertz CT molecular complexity index is 2130. The molecule has 43 heavy (non-hydrogen) atoms. The Morgan fingerprint density at radius 3 is 2.60 bits per heavy atom. The molecular weight excluding hydrogens is 542 g/mol. The molecule has 11 heteroatoms. The molecule has 6 rings (SSSR count). The summed E-state index contributed by atoms with van der Waals surface area (Å²) in [5.41, 5.74) is 11.8. The molecule has 3 aromatic carbocycles. The molecule has 6 aromatic rings. The molecule has 3 heterocycles. The van der Waals surface area contributed by atoms with Gasteiger partial charge in [-0.2, -0.15) is 0 Å². The van der Waals surface area contributed by atoms with Crippen LogP contribution in [0.3, 0.4) is 0 Å². The van der Waals surface area contributed by atoms with Crippen molar-refractivity contribution in [2.24, 2.45) is 0 Å². The number of nitrogens with two attached hydrogens (primary N) is 1. The minimum Gasteiger partial charge on any atom is -0.383 e. The third-order valence-electron chi connectivity index (χ3n) is 7.32. The standard InChI is InChI=1S/C32H29N9O2/c1-17-7-4-5-10-25(17)41-22(13-20-9-6-8-18(2)26(20)31(41)43)15-35-30-27(29(34)36-16-37-30)28(33)21-11-12-23-24(14-21)40-32(39-23)38-19(3)42/h4-14,16,33H,15H2,1-3H3,(H3,34,35,36,37)(H2,38,39,40,42). The maximum Gasteiger partial charge on any atom is 0.263 e. The molecule has 0 fully saturated rings. The molecule has 0 bridgehead atoms. The zero-order chi connectivity index (χ0) is 30.2. The smallest absolute Gasteiger partial charge is 0.263 e. The SMILES string of the molecule is CC(=O)Nc1nc2ccc(C(=N)c3c(N)ncnc3NCc3cc4cccc(C)c4c(=O)n3-c3ccccc3C)cc2[nH]1. The Labute approximate surface area is 246 Å². The number of rotatable bonds is 7. The van der Waals surface area contributed by atoms with Gasteiger partial charge in [0, 0.05) is 18.2 Å². The summed E-state index contributed by atoms with van der Waals surface area (Å²) in [4.78, 5) is 41.4. The normalized spacial score (nSPS) is 11.1. The van der Waals surface area contributed by atoms with Gasteiger partial charge < -0.3 is 16.0 Å². The number of fused-ring (bicyclic) bond motifs is 2. The van der Waals surface area contributed by atoms with Crippen LogP contribution in [-0.2, 0) is 11.3 Å². The third-order valence-corrected chi connectivity index (χ3v) is 7.32. The van der Waals surface area contributed by atoms with E-state index in [0.29, 0.717) is 39.3 Å². The molecule has 0 radical (unpaired) electrons. The highest BCUT2D eigenvalue weighted by molar-refractivity contribution is 6.17. The number of nitrogen functional groups attached to an aromatic ring is 1. The predicted octanol–water partition coefficient (Wildman–Crippen LogP) is 4.84. The van der Waals surface area contributed by atoms with Crippen molar-refractivity contribution in [3.8, 4) is 5.69 Å². The van der Waals surface area contributed by atoms with E-state index < -0.39 is 0 Å². The van der Waals surface area contributed by atoms with Crippen LogP contribution in [0.15, 0.2) is 77.9 Å². The lowest BCUT2D eigenvalue weighted by molar-refractivity contribution is -0.114. The molecule has 11 nitrogen and oxygen atoms in total. The molecule has 0 aliphatic carbocycles. The first-order valence-corrected chi connectivity index (χ1v) is 13.6. The van der Waals surface area contributed by atoms with Crippen LogP contribution < -0.4 is 21.9 Å². The number of carbonyl (C=O) groups excluding carboxylic acids is 1. The second-order valence-corrected chi connectivity index (χ2v) is 10.3. The number of nitrogens with zero attached hydrogens (tertiary/aromatic N) is 4. The van der Waals surface area contributed by atoms with E-state index >= 15 is 0 Å². The van der Waals surface area contributed by atoms with Crippen molar-refractivity contribution < 1.29 is 4.79 Å². The van der Waals surface area contributed by atoms with E-state index in [4.69, 9.17) is 11.1 Å². The van der Waals surface area contributed by atoms with Gasteiger partial charge >= 0.3 is 0 Å². The van der Waals surface area contributed by atoms with Crippen molar-refractivity contribution in [3.63, 3.8) is 0 Å². The zero-order valence-corrected chi connectivity index (χ0v) is 23.8. The number of pyridine rings is 1. The van der Waals surface area contributed by atoms with Gasteiger partial charge in [-0.3, -0.25) is 24.9 Å². The fraction of sp³-hybridized carbons (Fsp3) is 0.125. The second-order valence-electron chi connectivity index (χ2n) is 10.3. The summed E-state index contributed by atoms with van der Waals surface area (Å²) >= 11 is 0. The predicted molar refractivity (Wildman–Crippen MR) is 169 cm³/mol. The maximum atomic E-state index is 13.9. The van der Waals surface area contributed by atoms with Crippen molar-refractivity contribution >= 4 is 51.0 Å². The number of carbonyl (C=O) groups is 1.